The number of nitrogens with one attached hydrogen (secondary N) is 2. The number of hydrogen-bond acceptors (Lipinski definition) is 3. The van der Waals surface area contributed by atoms with E-state index in [0.717, 1.165) is 16.0 Å². The van der Waals surface area contributed by atoms with Crippen molar-refractivity contribution in [3.05, 3.63) is 86.5 Å². The number of rotatable bonds is 5. The lowest BCUT2D eigenvalue weighted by atomic mass is 10.1. The molecule has 2 heterocycles. The van der Waals surface area contributed by atoms with Crippen molar-refractivity contribution in [2.24, 2.45) is 0 Å². The van der Waals surface area contributed by atoms with Crippen molar-refractivity contribution in [3.63, 3.8) is 0 Å². The van der Waals surface area contributed by atoms with Crippen molar-refractivity contribution in [1.82, 2.24) is 9.97 Å². The molecule has 2 N–H and O–H groups in total. The highest BCUT2D eigenvalue weighted by atomic mass is 35.5. The summed E-state index contributed by atoms with van der Waals surface area (Å²) < 4.78 is 14.0. The molecule has 2 aromatic heterocycles. The van der Waals surface area contributed by atoms with Gasteiger partial charge in [-0.15, -0.1) is 11.3 Å². The van der Waals surface area contributed by atoms with Gasteiger partial charge in [-0.1, -0.05) is 48.0 Å². The van der Waals surface area contributed by atoms with Crippen LogP contribution in [0.3, 0.4) is 0 Å². The van der Waals surface area contributed by atoms with Crippen molar-refractivity contribution < 1.29 is 9.29 Å². The Labute approximate surface area is 170 Å². The molecule has 0 bridgehead atoms. The maximum atomic E-state index is 14.0. The molecule has 1 atom stereocenters. The average Bonchev–Trinajstić information content (AvgIpc) is 3.10. The Bertz CT molecular complexity index is 1170. The first kappa shape index (κ1) is 18.8. The van der Waals surface area contributed by atoms with Crippen molar-refractivity contribution in [2.45, 2.75) is 13.1 Å². The van der Waals surface area contributed by atoms with E-state index in [0.29, 0.717) is 39.7 Å². The van der Waals surface area contributed by atoms with Crippen LogP contribution in [0.4, 0.5) is 4.39 Å². The lowest BCUT2D eigenvalue weighted by molar-refractivity contribution is -0.908. The molecular formula is C21H18ClFN3OS+. The van der Waals surface area contributed by atoms with Gasteiger partial charge in [0.05, 0.1) is 23.0 Å². The maximum absolute atomic E-state index is 14.0. The fraction of sp³-hybridized carbons (Fsp3) is 0.143. The minimum absolute atomic E-state index is 0.156. The second kappa shape index (κ2) is 7.83. The molecule has 0 saturated heterocycles. The highest BCUT2D eigenvalue weighted by Gasteiger charge is 2.17. The number of fused-ring (bicyclic) bond motifs is 1. The van der Waals surface area contributed by atoms with Crippen LogP contribution in [0, 0.1) is 5.82 Å². The molecule has 0 saturated carbocycles. The van der Waals surface area contributed by atoms with Gasteiger partial charge in [0.25, 0.3) is 5.56 Å². The van der Waals surface area contributed by atoms with Crippen molar-refractivity contribution in [3.8, 4) is 11.1 Å². The van der Waals surface area contributed by atoms with Gasteiger partial charge >= 0.3 is 0 Å². The summed E-state index contributed by atoms with van der Waals surface area (Å²) in [5.41, 5.74) is 2.19. The van der Waals surface area contributed by atoms with E-state index in [1.54, 1.807) is 12.1 Å². The smallest absolute Gasteiger partial charge is 0.260 e. The van der Waals surface area contributed by atoms with Crippen LogP contribution in [0.5, 0.6) is 0 Å². The van der Waals surface area contributed by atoms with E-state index in [1.165, 1.54) is 17.4 Å². The molecule has 142 valence electrons. The Morgan fingerprint density at radius 1 is 1.14 bits per heavy atom. The first-order chi connectivity index (χ1) is 13.5. The van der Waals surface area contributed by atoms with E-state index >= 15 is 0 Å². The molecule has 0 aliphatic rings. The van der Waals surface area contributed by atoms with Gasteiger partial charge in [-0.05, 0) is 17.7 Å². The molecule has 0 fully saturated rings. The topological polar surface area (TPSA) is 50.2 Å². The third-order valence-corrected chi connectivity index (χ3v) is 5.81. The summed E-state index contributed by atoms with van der Waals surface area (Å²) in [5.74, 6) is 0.249. The number of hydrogen-bond donors (Lipinski definition) is 2. The van der Waals surface area contributed by atoms with E-state index in [9.17, 15) is 9.18 Å². The van der Waals surface area contributed by atoms with Crippen LogP contribution < -0.4 is 10.5 Å². The summed E-state index contributed by atoms with van der Waals surface area (Å²) in [7, 11) is 1.91. The number of thiophene rings is 1. The molecule has 0 radical (unpaired) electrons. The van der Waals surface area contributed by atoms with Gasteiger partial charge in [0.1, 0.15) is 23.7 Å². The van der Waals surface area contributed by atoms with Crippen LogP contribution in [-0.4, -0.2) is 17.0 Å². The van der Waals surface area contributed by atoms with Crippen LogP contribution in [0.2, 0.25) is 5.02 Å². The van der Waals surface area contributed by atoms with E-state index in [1.807, 2.05) is 42.8 Å². The third-order valence-electron chi connectivity index (χ3n) is 4.59. The van der Waals surface area contributed by atoms with Gasteiger partial charge in [0.15, 0.2) is 5.82 Å². The Kier molecular flexibility index (Phi) is 5.26. The summed E-state index contributed by atoms with van der Waals surface area (Å²) in [6.45, 7) is 0.849. The number of aromatic amines is 1. The summed E-state index contributed by atoms with van der Waals surface area (Å²) in [5, 5.41) is 2.97. The maximum Gasteiger partial charge on any atom is 0.260 e. The van der Waals surface area contributed by atoms with Gasteiger partial charge in [-0.3, -0.25) is 4.79 Å². The molecule has 4 rings (SSSR count). The molecular weight excluding hydrogens is 397 g/mol. The van der Waals surface area contributed by atoms with Crippen molar-refractivity contribution >= 4 is 33.2 Å². The minimum atomic E-state index is -0.325. The second-order valence-electron chi connectivity index (χ2n) is 6.72. The van der Waals surface area contributed by atoms with E-state index < -0.39 is 0 Å². The number of H-pyrrole nitrogens is 1. The number of benzene rings is 2. The monoisotopic (exact) mass is 414 g/mol. The quantitative estimate of drug-likeness (QED) is 0.523. The Balaban J connectivity index is 1.61. The number of nitrogens with zero attached hydrogens (tertiary/aromatic N) is 1. The van der Waals surface area contributed by atoms with Crippen molar-refractivity contribution in [2.75, 3.05) is 7.05 Å². The molecule has 4 nitrogen and oxygen atoms in total. The van der Waals surface area contributed by atoms with E-state index in [2.05, 4.69) is 9.97 Å². The van der Waals surface area contributed by atoms with Crippen LogP contribution in [0.1, 0.15) is 11.4 Å². The SMILES string of the molecule is C[NH+](Cc1nc2scc(-c3ccccc3)c2c(=O)[nH]1)Cc1c(F)cccc1Cl. The summed E-state index contributed by atoms with van der Waals surface area (Å²) in [6.07, 6.45) is 0. The Hall–Kier alpha value is -2.54. The molecule has 0 aliphatic heterocycles. The minimum Gasteiger partial charge on any atom is -0.327 e. The summed E-state index contributed by atoms with van der Waals surface area (Å²) in [6, 6.07) is 14.5. The molecule has 0 amide bonds. The molecule has 28 heavy (non-hydrogen) atoms. The van der Waals surface area contributed by atoms with Crippen LogP contribution in [0.25, 0.3) is 21.3 Å². The number of quaternary nitrogens is 1. The highest BCUT2D eigenvalue weighted by Crippen LogP contribution is 2.30. The standard InChI is InChI=1S/C21H17ClFN3OS/c1-26(10-14-16(22)8-5-9-17(14)23)11-18-24-20(27)19-15(12-28-21(19)25-18)13-6-3-2-4-7-13/h2-9,12H,10-11H2,1H3,(H,24,25,27)/p+1. The molecule has 0 aliphatic carbocycles. The Morgan fingerprint density at radius 2 is 1.93 bits per heavy atom. The fourth-order valence-corrected chi connectivity index (χ4v) is 4.46. The predicted octanol–water partition coefficient (Wildman–Crippen LogP) is 3.66. The second-order valence-corrected chi connectivity index (χ2v) is 7.98. The summed E-state index contributed by atoms with van der Waals surface area (Å²) >= 11 is 7.57. The van der Waals surface area contributed by atoms with E-state index in [-0.39, 0.29) is 11.4 Å². The van der Waals surface area contributed by atoms with Gasteiger partial charge in [0.2, 0.25) is 0 Å². The third kappa shape index (κ3) is 3.71. The van der Waals surface area contributed by atoms with Crippen LogP contribution in [-0.2, 0) is 13.1 Å². The van der Waals surface area contributed by atoms with Gasteiger partial charge in [0, 0.05) is 10.9 Å². The zero-order chi connectivity index (χ0) is 19.7. The number of aromatic nitrogens is 2. The molecule has 4 aromatic rings. The lowest BCUT2D eigenvalue weighted by Crippen LogP contribution is -3.06. The normalized spacial score (nSPS) is 12.4. The van der Waals surface area contributed by atoms with Gasteiger partial charge in [-0.2, -0.15) is 0 Å². The zero-order valence-corrected chi connectivity index (χ0v) is 16.7. The molecule has 0 spiro atoms. The predicted molar refractivity (Wildman–Crippen MR) is 111 cm³/mol. The molecule has 2 aromatic carbocycles. The first-order valence-corrected chi connectivity index (χ1v) is 10.1. The Morgan fingerprint density at radius 3 is 2.68 bits per heavy atom. The lowest BCUT2D eigenvalue weighted by Gasteiger charge is -2.15. The fourth-order valence-electron chi connectivity index (χ4n) is 3.26. The average molecular weight is 415 g/mol. The van der Waals surface area contributed by atoms with Crippen LogP contribution in [0.15, 0.2) is 58.7 Å². The molecule has 7 heteroatoms. The van der Waals surface area contributed by atoms with E-state index in [4.69, 9.17) is 11.6 Å². The number of halogens is 2. The van der Waals surface area contributed by atoms with Gasteiger partial charge < -0.3 is 9.88 Å². The van der Waals surface area contributed by atoms with Crippen molar-refractivity contribution in [1.29, 1.82) is 0 Å². The van der Waals surface area contributed by atoms with Crippen LogP contribution >= 0.6 is 22.9 Å². The first-order valence-electron chi connectivity index (χ1n) is 8.83. The zero-order valence-electron chi connectivity index (χ0n) is 15.1. The van der Waals surface area contributed by atoms with Gasteiger partial charge in [-0.25, -0.2) is 9.37 Å². The largest absolute Gasteiger partial charge is 0.327 e. The summed E-state index contributed by atoms with van der Waals surface area (Å²) in [4.78, 5) is 21.9. The highest BCUT2D eigenvalue weighted by molar-refractivity contribution is 7.17. The molecule has 1 unspecified atom stereocenters.